The number of nitrogens with one attached hydrogen (secondary N) is 1. The maximum Gasteiger partial charge on any atom is 0.238 e. The third-order valence-electron chi connectivity index (χ3n) is 3.70. The van der Waals surface area contributed by atoms with Crippen LogP contribution in [0.4, 0.5) is 0 Å². The van der Waals surface area contributed by atoms with E-state index in [1.54, 1.807) is 6.07 Å². The zero-order valence-corrected chi connectivity index (χ0v) is 16.4. The molecule has 2 rings (SSSR count). The SMILES string of the molecule is CCNC(=NCc1cccc(S(N)(=O)=O)c1)N(C)Cc1ccccc1Cl. The summed E-state index contributed by atoms with van der Waals surface area (Å²) in [4.78, 5) is 6.63. The minimum absolute atomic E-state index is 0.0830. The van der Waals surface area contributed by atoms with Crippen molar-refractivity contribution in [3.05, 3.63) is 64.7 Å². The van der Waals surface area contributed by atoms with E-state index >= 15 is 0 Å². The molecule has 0 amide bonds. The highest BCUT2D eigenvalue weighted by molar-refractivity contribution is 7.89. The zero-order chi connectivity index (χ0) is 19.2. The van der Waals surface area contributed by atoms with Crippen molar-refractivity contribution in [1.29, 1.82) is 0 Å². The minimum atomic E-state index is -3.73. The van der Waals surface area contributed by atoms with Gasteiger partial charge in [0.05, 0.1) is 11.4 Å². The van der Waals surface area contributed by atoms with Gasteiger partial charge in [-0.1, -0.05) is 41.9 Å². The fraction of sp³-hybridized carbons (Fsp3) is 0.278. The van der Waals surface area contributed by atoms with Crippen molar-refractivity contribution in [2.24, 2.45) is 10.1 Å². The van der Waals surface area contributed by atoms with Crippen LogP contribution < -0.4 is 10.5 Å². The molecule has 0 heterocycles. The van der Waals surface area contributed by atoms with Gasteiger partial charge < -0.3 is 10.2 Å². The van der Waals surface area contributed by atoms with Crippen LogP contribution in [-0.2, 0) is 23.1 Å². The number of sulfonamides is 1. The van der Waals surface area contributed by atoms with Crippen LogP contribution in [0.3, 0.4) is 0 Å². The van der Waals surface area contributed by atoms with Gasteiger partial charge in [0.2, 0.25) is 10.0 Å². The first kappa shape index (κ1) is 20.2. The quantitative estimate of drug-likeness (QED) is 0.582. The molecule has 26 heavy (non-hydrogen) atoms. The number of guanidine groups is 1. The number of nitrogens with two attached hydrogens (primary N) is 1. The summed E-state index contributed by atoms with van der Waals surface area (Å²) in [6.07, 6.45) is 0. The molecule has 0 unspecified atom stereocenters. The van der Waals surface area contributed by atoms with Gasteiger partial charge in [-0.15, -0.1) is 0 Å². The van der Waals surface area contributed by atoms with Gasteiger partial charge in [0, 0.05) is 25.2 Å². The summed E-state index contributed by atoms with van der Waals surface area (Å²) >= 11 is 6.23. The van der Waals surface area contributed by atoms with Gasteiger partial charge in [0.15, 0.2) is 5.96 Å². The average molecular weight is 395 g/mol. The summed E-state index contributed by atoms with van der Waals surface area (Å²) in [5.41, 5.74) is 1.76. The van der Waals surface area contributed by atoms with Crippen LogP contribution >= 0.6 is 11.6 Å². The van der Waals surface area contributed by atoms with E-state index in [4.69, 9.17) is 16.7 Å². The first-order chi connectivity index (χ1) is 12.3. The molecule has 6 nitrogen and oxygen atoms in total. The van der Waals surface area contributed by atoms with Crippen LogP contribution in [0.5, 0.6) is 0 Å². The van der Waals surface area contributed by atoms with E-state index < -0.39 is 10.0 Å². The first-order valence-corrected chi connectivity index (χ1v) is 10.1. The predicted molar refractivity (Wildman–Crippen MR) is 106 cm³/mol. The molecule has 2 aromatic carbocycles. The number of halogens is 1. The maximum atomic E-state index is 11.5. The van der Waals surface area contributed by atoms with Gasteiger partial charge in [0.1, 0.15) is 0 Å². The number of benzene rings is 2. The third kappa shape index (κ3) is 5.72. The van der Waals surface area contributed by atoms with E-state index in [0.29, 0.717) is 30.6 Å². The molecule has 0 aromatic heterocycles. The molecule has 0 aliphatic carbocycles. The van der Waals surface area contributed by atoms with E-state index in [9.17, 15) is 8.42 Å². The minimum Gasteiger partial charge on any atom is -0.357 e. The first-order valence-electron chi connectivity index (χ1n) is 8.16. The maximum absolute atomic E-state index is 11.5. The highest BCUT2D eigenvalue weighted by atomic mass is 35.5. The van der Waals surface area contributed by atoms with Crippen LogP contribution in [0.25, 0.3) is 0 Å². The monoisotopic (exact) mass is 394 g/mol. The zero-order valence-electron chi connectivity index (χ0n) is 14.8. The van der Waals surface area contributed by atoms with Crippen LogP contribution in [0, 0.1) is 0 Å². The molecule has 0 saturated heterocycles. The summed E-state index contributed by atoms with van der Waals surface area (Å²) in [5.74, 6) is 0.702. The van der Waals surface area contributed by atoms with Gasteiger partial charge in [-0.25, -0.2) is 18.5 Å². The standard InChI is InChI=1S/C18H23ClN4O2S/c1-3-21-18(23(2)13-15-8-4-5-10-17(15)19)22-12-14-7-6-9-16(11-14)26(20,24)25/h4-11H,3,12-13H2,1-2H3,(H,21,22)(H2,20,24,25). The number of aliphatic imine (C=N–C) groups is 1. The van der Waals surface area contributed by atoms with E-state index in [1.807, 2.05) is 49.2 Å². The van der Waals surface area contributed by atoms with Crippen LogP contribution in [0.15, 0.2) is 58.4 Å². The number of primary sulfonamides is 1. The molecular weight excluding hydrogens is 372 g/mol. The van der Waals surface area contributed by atoms with Gasteiger partial charge in [-0.3, -0.25) is 0 Å². The fourth-order valence-electron chi connectivity index (χ4n) is 2.41. The average Bonchev–Trinajstić information content (AvgIpc) is 2.60. The summed E-state index contributed by atoms with van der Waals surface area (Å²) in [7, 11) is -1.80. The van der Waals surface area contributed by atoms with Crippen molar-refractivity contribution < 1.29 is 8.42 Å². The second-order valence-electron chi connectivity index (χ2n) is 5.81. The van der Waals surface area contributed by atoms with Crippen molar-refractivity contribution in [3.63, 3.8) is 0 Å². The Balaban J connectivity index is 2.17. The Morgan fingerprint density at radius 2 is 1.96 bits per heavy atom. The van der Waals surface area contributed by atoms with E-state index in [0.717, 1.165) is 11.1 Å². The number of rotatable bonds is 6. The van der Waals surface area contributed by atoms with Crippen LogP contribution in [0.1, 0.15) is 18.1 Å². The Morgan fingerprint density at radius 1 is 1.23 bits per heavy atom. The summed E-state index contributed by atoms with van der Waals surface area (Å²) < 4.78 is 23.0. The van der Waals surface area contributed by atoms with Crippen molar-refractivity contribution in [2.45, 2.75) is 24.9 Å². The van der Waals surface area contributed by atoms with E-state index in [1.165, 1.54) is 12.1 Å². The molecule has 0 spiro atoms. The molecule has 140 valence electrons. The largest absolute Gasteiger partial charge is 0.357 e. The summed E-state index contributed by atoms with van der Waals surface area (Å²) in [5, 5.41) is 9.11. The van der Waals surface area contributed by atoms with Crippen molar-refractivity contribution >= 4 is 27.6 Å². The topological polar surface area (TPSA) is 87.8 Å². The predicted octanol–water partition coefficient (Wildman–Crippen LogP) is 2.58. The van der Waals surface area contributed by atoms with Crippen LogP contribution in [0.2, 0.25) is 5.02 Å². The number of hydrogen-bond donors (Lipinski definition) is 2. The molecule has 8 heteroatoms. The second kappa shape index (κ2) is 9.02. The van der Waals surface area contributed by atoms with E-state index in [-0.39, 0.29) is 4.90 Å². The third-order valence-corrected chi connectivity index (χ3v) is 4.98. The molecule has 0 aliphatic heterocycles. The molecule has 0 fully saturated rings. The Hall–Kier alpha value is -2.09. The van der Waals surface area contributed by atoms with Gasteiger partial charge in [-0.2, -0.15) is 0 Å². The lowest BCUT2D eigenvalue weighted by Gasteiger charge is -2.22. The molecule has 0 aliphatic rings. The van der Waals surface area contributed by atoms with Crippen molar-refractivity contribution in [1.82, 2.24) is 10.2 Å². The smallest absolute Gasteiger partial charge is 0.238 e. The van der Waals surface area contributed by atoms with Gasteiger partial charge >= 0.3 is 0 Å². The van der Waals surface area contributed by atoms with Crippen molar-refractivity contribution in [3.8, 4) is 0 Å². The van der Waals surface area contributed by atoms with Crippen molar-refractivity contribution in [2.75, 3.05) is 13.6 Å². The lowest BCUT2D eigenvalue weighted by atomic mass is 10.2. The normalized spacial score (nSPS) is 12.1. The molecule has 0 radical (unpaired) electrons. The molecule has 2 aromatic rings. The molecule has 3 N–H and O–H groups in total. The second-order valence-corrected chi connectivity index (χ2v) is 7.78. The lowest BCUT2D eigenvalue weighted by molar-refractivity contribution is 0.477. The summed E-state index contributed by atoms with van der Waals surface area (Å²) in [6.45, 7) is 3.63. The lowest BCUT2D eigenvalue weighted by Crippen LogP contribution is -2.38. The van der Waals surface area contributed by atoms with E-state index in [2.05, 4.69) is 10.3 Å². The molecule has 0 bridgehead atoms. The Kier molecular flexibility index (Phi) is 7.02. The fourth-order valence-corrected chi connectivity index (χ4v) is 3.19. The molecule has 0 saturated carbocycles. The molecule has 0 atom stereocenters. The number of hydrogen-bond acceptors (Lipinski definition) is 3. The summed E-state index contributed by atoms with van der Waals surface area (Å²) in [6, 6.07) is 14.1. The van der Waals surface area contributed by atoms with Gasteiger partial charge in [0.25, 0.3) is 0 Å². The van der Waals surface area contributed by atoms with Crippen LogP contribution in [-0.4, -0.2) is 32.9 Å². The highest BCUT2D eigenvalue weighted by Crippen LogP contribution is 2.17. The highest BCUT2D eigenvalue weighted by Gasteiger charge is 2.10. The number of nitrogens with zero attached hydrogens (tertiary/aromatic N) is 2. The van der Waals surface area contributed by atoms with Gasteiger partial charge in [-0.05, 0) is 36.2 Å². The Labute approximate surface area is 159 Å². The Bertz CT molecular complexity index is 884. The molecular formula is C18H23ClN4O2S. The Morgan fingerprint density at radius 3 is 2.62 bits per heavy atom.